The molecule has 0 saturated carbocycles. The molecule has 0 radical (unpaired) electrons. The molecule has 0 aromatic heterocycles. The molecule has 2 N–H and O–H groups in total. The summed E-state index contributed by atoms with van der Waals surface area (Å²) >= 11 is 0. The lowest BCUT2D eigenvalue weighted by Crippen LogP contribution is -2.36. The predicted octanol–water partition coefficient (Wildman–Crippen LogP) is 1.66. The highest BCUT2D eigenvalue weighted by Crippen LogP contribution is 2.31. The van der Waals surface area contributed by atoms with E-state index in [4.69, 9.17) is 15.2 Å². The van der Waals surface area contributed by atoms with Crippen LogP contribution < -0.4 is 15.2 Å². The molecule has 1 aliphatic rings. The van der Waals surface area contributed by atoms with E-state index in [0.717, 1.165) is 19.4 Å². The van der Waals surface area contributed by atoms with Crippen molar-refractivity contribution in [3.05, 3.63) is 23.8 Å². The van der Waals surface area contributed by atoms with Crippen LogP contribution in [-0.2, 0) is 0 Å². The smallest absolute Gasteiger partial charge is 0.254 e. The van der Waals surface area contributed by atoms with Crippen molar-refractivity contribution in [3.63, 3.8) is 0 Å². The number of ether oxygens (including phenoxy) is 2. The standard InChI is InChI=1S/C15H22N2O3/c1-2-3-7-17(8-6-16)15(18)12-4-5-13-14(11-12)20-10-9-19-13/h4-5,11H,2-3,6-10,16H2,1H3. The maximum absolute atomic E-state index is 12.5. The average molecular weight is 278 g/mol. The van der Waals surface area contributed by atoms with Gasteiger partial charge in [0.2, 0.25) is 0 Å². The first-order valence-electron chi connectivity index (χ1n) is 7.15. The van der Waals surface area contributed by atoms with Gasteiger partial charge in [-0.2, -0.15) is 0 Å². The Morgan fingerprint density at radius 1 is 1.25 bits per heavy atom. The Kier molecular flexibility index (Phi) is 5.24. The summed E-state index contributed by atoms with van der Waals surface area (Å²) in [6.07, 6.45) is 2.03. The second-order valence-corrected chi connectivity index (χ2v) is 4.79. The molecule has 1 heterocycles. The monoisotopic (exact) mass is 278 g/mol. The molecule has 0 fully saturated rings. The van der Waals surface area contributed by atoms with Crippen LogP contribution in [0, 0.1) is 0 Å². The molecule has 110 valence electrons. The number of carbonyl (C=O) groups excluding carboxylic acids is 1. The normalized spacial score (nSPS) is 13.1. The van der Waals surface area contributed by atoms with Gasteiger partial charge in [0.15, 0.2) is 11.5 Å². The summed E-state index contributed by atoms with van der Waals surface area (Å²) in [4.78, 5) is 14.3. The van der Waals surface area contributed by atoms with Crippen LogP contribution in [0.3, 0.4) is 0 Å². The molecule has 5 heteroatoms. The van der Waals surface area contributed by atoms with E-state index in [1.165, 1.54) is 0 Å². The summed E-state index contributed by atoms with van der Waals surface area (Å²) in [5, 5.41) is 0. The van der Waals surface area contributed by atoms with Gasteiger partial charge in [0.1, 0.15) is 13.2 Å². The van der Waals surface area contributed by atoms with E-state index < -0.39 is 0 Å². The van der Waals surface area contributed by atoms with Gasteiger partial charge < -0.3 is 20.1 Å². The van der Waals surface area contributed by atoms with Crippen molar-refractivity contribution >= 4 is 5.91 Å². The number of nitrogens with two attached hydrogens (primary N) is 1. The number of hydrogen-bond acceptors (Lipinski definition) is 4. The fourth-order valence-electron chi connectivity index (χ4n) is 2.18. The summed E-state index contributed by atoms with van der Waals surface area (Å²) in [6, 6.07) is 5.33. The molecular weight excluding hydrogens is 256 g/mol. The second-order valence-electron chi connectivity index (χ2n) is 4.79. The van der Waals surface area contributed by atoms with Gasteiger partial charge in [0.05, 0.1) is 0 Å². The Morgan fingerprint density at radius 2 is 2.00 bits per heavy atom. The van der Waals surface area contributed by atoms with E-state index in [1.807, 2.05) is 0 Å². The highest BCUT2D eigenvalue weighted by Gasteiger charge is 2.18. The quantitative estimate of drug-likeness (QED) is 0.859. The molecule has 0 spiro atoms. The highest BCUT2D eigenvalue weighted by atomic mass is 16.6. The van der Waals surface area contributed by atoms with Gasteiger partial charge in [0, 0.05) is 25.2 Å². The van der Waals surface area contributed by atoms with Crippen molar-refractivity contribution in [2.24, 2.45) is 5.73 Å². The number of rotatable bonds is 6. The second kappa shape index (κ2) is 7.14. The molecule has 1 aromatic rings. The van der Waals surface area contributed by atoms with Crippen LogP contribution in [0.1, 0.15) is 30.1 Å². The van der Waals surface area contributed by atoms with Crippen LogP contribution in [0.25, 0.3) is 0 Å². The Morgan fingerprint density at radius 3 is 2.70 bits per heavy atom. The number of hydrogen-bond donors (Lipinski definition) is 1. The van der Waals surface area contributed by atoms with Crippen LogP contribution >= 0.6 is 0 Å². The first-order chi connectivity index (χ1) is 9.76. The van der Waals surface area contributed by atoms with E-state index >= 15 is 0 Å². The Balaban J connectivity index is 2.13. The zero-order chi connectivity index (χ0) is 14.4. The number of unbranched alkanes of at least 4 members (excludes halogenated alkanes) is 1. The van der Waals surface area contributed by atoms with Crippen molar-refractivity contribution < 1.29 is 14.3 Å². The van der Waals surface area contributed by atoms with Gasteiger partial charge in [-0.25, -0.2) is 0 Å². The fraction of sp³-hybridized carbons (Fsp3) is 0.533. The molecule has 20 heavy (non-hydrogen) atoms. The van der Waals surface area contributed by atoms with E-state index in [2.05, 4.69) is 6.92 Å². The SMILES string of the molecule is CCCCN(CCN)C(=O)c1ccc2c(c1)OCCO2. The van der Waals surface area contributed by atoms with E-state index in [-0.39, 0.29) is 5.91 Å². The minimum atomic E-state index is 0.000809. The third-order valence-corrected chi connectivity index (χ3v) is 3.26. The molecule has 1 amide bonds. The molecule has 1 aromatic carbocycles. The lowest BCUT2D eigenvalue weighted by Gasteiger charge is -2.23. The summed E-state index contributed by atoms with van der Waals surface area (Å²) < 4.78 is 11.0. The lowest BCUT2D eigenvalue weighted by molar-refractivity contribution is 0.0757. The summed E-state index contributed by atoms with van der Waals surface area (Å²) in [6.45, 7) is 4.96. The minimum Gasteiger partial charge on any atom is -0.486 e. The van der Waals surface area contributed by atoms with Crippen molar-refractivity contribution in [3.8, 4) is 11.5 Å². The Labute approximate surface area is 119 Å². The zero-order valence-corrected chi connectivity index (χ0v) is 11.9. The fourth-order valence-corrected chi connectivity index (χ4v) is 2.18. The Bertz CT molecular complexity index is 462. The van der Waals surface area contributed by atoms with Crippen molar-refractivity contribution in [1.82, 2.24) is 4.90 Å². The third kappa shape index (κ3) is 3.42. The summed E-state index contributed by atoms with van der Waals surface area (Å²) in [5.74, 6) is 1.35. The number of carbonyl (C=O) groups is 1. The van der Waals surface area contributed by atoms with Crippen LogP contribution in [0.15, 0.2) is 18.2 Å². The van der Waals surface area contributed by atoms with Gasteiger partial charge in [0.25, 0.3) is 5.91 Å². The summed E-state index contributed by atoms with van der Waals surface area (Å²) in [7, 11) is 0. The van der Waals surface area contributed by atoms with Crippen molar-refractivity contribution in [2.45, 2.75) is 19.8 Å². The number of amides is 1. The largest absolute Gasteiger partial charge is 0.486 e. The maximum Gasteiger partial charge on any atom is 0.254 e. The molecule has 2 rings (SSSR count). The molecule has 0 bridgehead atoms. The van der Waals surface area contributed by atoms with Gasteiger partial charge >= 0.3 is 0 Å². The first-order valence-corrected chi connectivity index (χ1v) is 7.15. The molecule has 0 saturated heterocycles. The van der Waals surface area contributed by atoms with Crippen LogP contribution in [0.4, 0.5) is 0 Å². The maximum atomic E-state index is 12.5. The summed E-state index contributed by atoms with van der Waals surface area (Å²) in [5.41, 5.74) is 6.21. The third-order valence-electron chi connectivity index (χ3n) is 3.26. The van der Waals surface area contributed by atoms with Crippen LogP contribution in [0.5, 0.6) is 11.5 Å². The molecule has 0 aliphatic carbocycles. The number of fused-ring (bicyclic) bond motifs is 1. The molecule has 0 atom stereocenters. The zero-order valence-electron chi connectivity index (χ0n) is 11.9. The predicted molar refractivity (Wildman–Crippen MR) is 77.3 cm³/mol. The van der Waals surface area contributed by atoms with Crippen LogP contribution in [-0.4, -0.2) is 43.7 Å². The van der Waals surface area contributed by atoms with E-state index in [0.29, 0.717) is 43.4 Å². The van der Waals surface area contributed by atoms with Gasteiger partial charge in [-0.05, 0) is 24.6 Å². The van der Waals surface area contributed by atoms with E-state index in [1.54, 1.807) is 23.1 Å². The van der Waals surface area contributed by atoms with Crippen molar-refractivity contribution in [1.29, 1.82) is 0 Å². The highest BCUT2D eigenvalue weighted by molar-refractivity contribution is 5.95. The number of nitrogens with zero attached hydrogens (tertiary/aromatic N) is 1. The van der Waals surface area contributed by atoms with Gasteiger partial charge in [-0.3, -0.25) is 4.79 Å². The first kappa shape index (κ1) is 14.7. The molecular formula is C15H22N2O3. The topological polar surface area (TPSA) is 64.8 Å². The van der Waals surface area contributed by atoms with E-state index in [9.17, 15) is 4.79 Å². The minimum absolute atomic E-state index is 0.000809. The Hall–Kier alpha value is -1.75. The number of benzene rings is 1. The van der Waals surface area contributed by atoms with Crippen molar-refractivity contribution in [2.75, 3.05) is 32.8 Å². The van der Waals surface area contributed by atoms with Crippen LogP contribution in [0.2, 0.25) is 0 Å². The molecule has 0 unspecified atom stereocenters. The molecule has 5 nitrogen and oxygen atoms in total. The molecule has 1 aliphatic heterocycles. The lowest BCUT2D eigenvalue weighted by atomic mass is 10.1. The average Bonchev–Trinajstić information content (AvgIpc) is 2.50. The van der Waals surface area contributed by atoms with Gasteiger partial charge in [-0.1, -0.05) is 13.3 Å². The van der Waals surface area contributed by atoms with Gasteiger partial charge in [-0.15, -0.1) is 0 Å².